The number of hydrogen-bond donors (Lipinski definition) is 0. The van der Waals surface area contributed by atoms with Crippen LogP contribution in [-0.2, 0) is 4.74 Å². The molecule has 116 valence electrons. The van der Waals surface area contributed by atoms with Crippen molar-refractivity contribution >= 4 is 17.2 Å². The normalized spacial score (nSPS) is 14.7. The van der Waals surface area contributed by atoms with Crippen molar-refractivity contribution in [3.05, 3.63) is 17.7 Å². The number of benzene rings is 1. The van der Waals surface area contributed by atoms with Gasteiger partial charge in [-0.05, 0) is 19.1 Å². The van der Waals surface area contributed by atoms with Crippen LogP contribution in [0.25, 0.3) is 0 Å². The fourth-order valence-electron chi connectivity index (χ4n) is 2.24. The number of nitrogens with zero attached hydrogens (tertiary/aromatic N) is 1. The van der Waals surface area contributed by atoms with E-state index in [1.807, 2.05) is 19.1 Å². The molecule has 0 spiro atoms. The summed E-state index contributed by atoms with van der Waals surface area (Å²) in [5, 5.41) is 0. The van der Waals surface area contributed by atoms with Gasteiger partial charge in [0, 0.05) is 18.7 Å². The molecule has 1 aliphatic heterocycles. The molecule has 6 heteroatoms. The summed E-state index contributed by atoms with van der Waals surface area (Å²) < 4.78 is 21.8. The summed E-state index contributed by atoms with van der Waals surface area (Å²) in [6.45, 7) is 5.47. The Balaban J connectivity index is 2.32. The minimum atomic E-state index is 0.542. The van der Waals surface area contributed by atoms with E-state index >= 15 is 0 Å². The van der Waals surface area contributed by atoms with E-state index in [1.165, 1.54) is 0 Å². The average molecular weight is 311 g/mol. The van der Waals surface area contributed by atoms with Gasteiger partial charge in [0.05, 0.1) is 34.0 Å². The Morgan fingerprint density at radius 1 is 1.19 bits per heavy atom. The molecule has 1 aromatic rings. The maximum absolute atomic E-state index is 5.60. The topological polar surface area (TPSA) is 40.2 Å². The smallest absolute Gasteiger partial charge is 0.203 e. The fraction of sp³-hybridized carbons (Fsp3) is 0.533. The highest BCUT2D eigenvalue weighted by Crippen LogP contribution is 2.39. The van der Waals surface area contributed by atoms with E-state index in [-0.39, 0.29) is 0 Å². The van der Waals surface area contributed by atoms with E-state index in [1.54, 1.807) is 14.2 Å². The second-order valence-electron chi connectivity index (χ2n) is 4.55. The molecule has 0 N–H and O–H groups in total. The van der Waals surface area contributed by atoms with Crippen LogP contribution in [0.3, 0.4) is 0 Å². The zero-order valence-electron chi connectivity index (χ0n) is 12.7. The SMILES string of the molecule is CCOc1c(OC)cc(C(=S)N2CCOCC2)cc1OC. The van der Waals surface area contributed by atoms with Crippen molar-refractivity contribution in [2.75, 3.05) is 47.1 Å². The van der Waals surface area contributed by atoms with Gasteiger partial charge in [-0.15, -0.1) is 0 Å². The lowest BCUT2D eigenvalue weighted by molar-refractivity contribution is 0.0693. The van der Waals surface area contributed by atoms with Gasteiger partial charge in [-0.3, -0.25) is 0 Å². The number of rotatable bonds is 5. The summed E-state index contributed by atoms with van der Waals surface area (Å²) >= 11 is 5.58. The standard InChI is InChI=1S/C15H21NO4S/c1-4-20-14-12(17-2)9-11(10-13(14)18-3)15(21)16-5-7-19-8-6-16/h9-10H,4-8H2,1-3H3. The zero-order valence-corrected chi connectivity index (χ0v) is 13.5. The Hall–Kier alpha value is -1.53. The van der Waals surface area contributed by atoms with Crippen LogP contribution >= 0.6 is 12.2 Å². The second kappa shape index (κ2) is 7.47. The molecule has 0 unspecified atom stereocenters. The van der Waals surface area contributed by atoms with Gasteiger partial charge in [-0.25, -0.2) is 0 Å². The van der Waals surface area contributed by atoms with Gasteiger partial charge in [0.1, 0.15) is 4.99 Å². The quantitative estimate of drug-likeness (QED) is 0.776. The van der Waals surface area contributed by atoms with Crippen molar-refractivity contribution in [2.45, 2.75) is 6.92 Å². The van der Waals surface area contributed by atoms with E-state index in [0.29, 0.717) is 37.1 Å². The molecule has 5 nitrogen and oxygen atoms in total. The number of morpholine rings is 1. The highest BCUT2D eigenvalue weighted by Gasteiger charge is 2.20. The van der Waals surface area contributed by atoms with Crippen molar-refractivity contribution in [3.8, 4) is 17.2 Å². The highest BCUT2D eigenvalue weighted by atomic mass is 32.1. The van der Waals surface area contributed by atoms with Crippen molar-refractivity contribution in [3.63, 3.8) is 0 Å². The van der Waals surface area contributed by atoms with Crippen molar-refractivity contribution < 1.29 is 18.9 Å². The Kier molecular flexibility index (Phi) is 5.64. The summed E-state index contributed by atoms with van der Waals surface area (Å²) in [6, 6.07) is 3.79. The Labute approximate surface area is 130 Å². The third-order valence-corrected chi connectivity index (χ3v) is 3.79. The summed E-state index contributed by atoms with van der Waals surface area (Å²) in [7, 11) is 3.22. The van der Waals surface area contributed by atoms with Crippen LogP contribution < -0.4 is 14.2 Å². The van der Waals surface area contributed by atoms with Gasteiger partial charge in [0.25, 0.3) is 0 Å². The van der Waals surface area contributed by atoms with Crippen LogP contribution in [0.5, 0.6) is 17.2 Å². The minimum absolute atomic E-state index is 0.542. The van der Waals surface area contributed by atoms with Crippen LogP contribution in [0.4, 0.5) is 0 Å². The molecule has 2 rings (SSSR count). The zero-order chi connectivity index (χ0) is 15.2. The van der Waals surface area contributed by atoms with Crippen LogP contribution in [0.1, 0.15) is 12.5 Å². The largest absolute Gasteiger partial charge is 0.493 e. The molecule has 0 radical (unpaired) electrons. The number of ether oxygens (including phenoxy) is 4. The highest BCUT2D eigenvalue weighted by molar-refractivity contribution is 7.80. The molecule has 0 amide bonds. The molecule has 1 fully saturated rings. The van der Waals surface area contributed by atoms with Gasteiger partial charge in [0.2, 0.25) is 5.75 Å². The Morgan fingerprint density at radius 3 is 2.24 bits per heavy atom. The molecule has 1 aromatic carbocycles. The predicted molar refractivity (Wildman–Crippen MR) is 84.8 cm³/mol. The van der Waals surface area contributed by atoms with Gasteiger partial charge < -0.3 is 23.8 Å². The summed E-state index contributed by atoms with van der Waals surface area (Å²) in [4.78, 5) is 2.91. The lowest BCUT2D eigenvalue weighted by Crippen LogP contribution is -2.40. The predicted octanol–water partition coefficient (Wildman–Crippen LogP) is 2.11. The van der Waals surface area contributed by atoms with E-state index in [2.05, 4.69) is 4.90 Å². The lowest BCUT2D eigenvalue weighted by Gasteiger charge is -2.29. The molecule has 21 heavy (non-hydrogen) atoms. The molecular formula is C15H21NO4S. The van der Waals surface area contributed by atoms with E-state index in [4.69, 9.17) is 31.2 Å². The minimum Gasteiger partial charge on any atom is -0.493 e. The first-order valence-electron chi connectivity index (χ1n) is 6.97. The summed E-state index contributed by atoms with van der Waals surface area (Å²) in [5.41, 5.74) is 0.893. The summed E-state index contributed by atoms with van der Waals surface area (Å²) in [6.07, 6.45) is 0. The van der Waals surface area contributed by atoms with Crippen LogP contribution in [-0.4, -0.2) is 57.0 Å². The van der Waals surface area contributed by atoms with Crippen molar-refractivity contribution in [1.29, 1.82) is 0 Å². The first kappa shape index (κ1) is 15.9. The second-order valence-corrected chi connectivity index (χ2v) is 4.93. The maximum Gasteiger partial charge on any atom is 0.203 e. The van der Waals surface area contributed by atoms with E-state index in [9.17, 15) is 0 Å². The molecular weight excluding hydrogens is 290 g/mol. The molecule has 1 saturated heterocycles. The van der Waals surface area contributed by atoms with Crippen LogP contribution in [0, 0.1) is 0 Å². The van der Waals surface area contributed by atoms with Gasteiger partial charge in [-0.2, -0.15) is 0 Å². The number of hydrogen-bond acceptors (Lipinski definition) is 5. The van der Waals surface area contributed by atoms with Gasteiger partial charge in [-0.1, -0.05) is 12.2 Å². The molecule has 0 bridgehead atoms. The number of methoxy groups -OCH3 is 2. The summed E-state index contributed by atoms with van der Waals surface area (Å²) in [5.74, 6) is 1.86. The lowest BCUT2D eigenvalue weighted by atomic mass is 10.1. The molecule has 1 heterocycles. The van der Waals surface area contributed by atoms with E-state index in [0.717, 1.165) is 23.6 Å². The molecule has 0 atom stereocenters. The molecule has 0 saturated carbocycles. The maximum atomic E-state index is 5.60. The van der Waals surface area contributed by atoms with Crippen molar-refractivity contribution in [2.24, 2.45) is 0 Å². The molecule has 0 aliphatic carbocycles. The van der Waals surface area contributed by atoms with Gasteiger partial charge >= 0.3 is 0 Å². The van der Waals surface area contributed by atoms with Gasteiger partial charge in [0.15, 0.2) is 11.5 Å². The molecule has 1 aliphatic rings. The Morgan fingerprint density at radius 2 is 1.76 bits per heavy atom. The Bertz CT molecular complexity index is 475. The monoisotopic (exact) mass is 311 g/mol. The average Bonchev–Trinajstić information content (AvgIpc) is 2.55. The third-order valence-electron chi connectivity index (χ3n) is 3.29. The van der Waals surface area contributed by atoms with Crippen molar-refractivity contribution in [1.82, 2.24) is 4.90 Å². The van der Waals surface area contributed by atoms with Crippen LogP contribution in [0.2, 0.25) is 0 Å². The van der Waals surface area contributed by atoms with E-state index < -0.39 is 0 Å². The third kappa shape index (κ3) is 3.57. The first-order valence-corrected chi connectivity index (χ1v) is 7.38. The molecule has 0 aromatic heterocycles. The van der Waals surface area contributed by atoms with Crippen LogP contribution in [0.15, 0.2) is 12.1 Å². The fourth-order valence-corrected chi connectivity index (χ4v) is 2.54. The first-order chi connectivity index (χ1) is 10.2. The number of thiocarbonyl (C=S) groups is 1.